The molecule has 7 heteroatoms. The summed E-state index contributed by atoms with van der Waals surface area (Å²) in [4.78, 5) is 11.0. The lowest BCUT2D eigenvalue weighted by Gasteiger charge is -2.22. The van der Waals surface area contributed by atoms with Crippen LogP contribution in [0.5, 0.6) is 0 Å². The minimum atomic E-state index is -3.65. The van der Waals surface area contributed by atoms with E-state index in [-0.39, 0.29) is 25.4 Å². The number of hydrogen-bond donors (Lipinski definition) is 2. The molecule has 1 aliphatic rings. The molecule has 0 bridgehead atoms. The van der Waals surface area contributed by atoms with Crippen LogP contribution >= 0.6 is 0 Å². The second-order valence-corrected chi connectivity index (χ2v) is 5.13. The van der Waals surface area contributed by atoms with Gasteiger partial charge in [0, 0.05) is 13.0 Å². The van der Waals surface area contributed by atoms with E-state index in [9.17, 15) is 13.2 Å². The van der Waals surface area contributed by atoms with Gasteiger partial charge in [0.15, 0.2) is 5.54 Å². The maximum absolute atomic E-state index is 11.4. The van der Waals surface area contributed by atoms with Gasteiger partial charge in [-0.15, -0.1) is 6.58 Å². The highest BCUT2D eigenvalue weighted by Crippen LogP contribution is 2.20. The van der Waals surface area contributed by atoms with Gasteiger partial charge in [-0.2, -0.15) is 4.72 Å². The number of carboxylic acid groups (broad SMARTS) is 1. The van der Waals surface area contributed by atoms with Crippen molar-refractivity contribution in [2.24, 2.45) is 0 Å². The SMILES string of the molecule is C=CCS(=O)(=O)NC1(C(=O)O)CCOC1. The monoisotopic (exact) mass is 235 g/mol. The molecule has 1 saturated heterocycles. The van der Waals surface area contributed by atoms with Crippen molar-refractivity contribution in [1.29, 1.82) is 0 Å². The van der Waals surface area contributed by atoms with Gasteiger partial charge in [-0.1, -0.05) is 6.08 Å². The van der Waals surface area contributed by atoms with Crippen molar-refractivity contribution >= 4 is 16.0 Å². The Balaban J connectivity index is 2.85. The predicted octanol–water partition coefficient (Wildman–Crippen LogP) is -0.664. The highest BCUT2D eigenvalue weighted by atomic mass is 32.2. The largest absolute Gasteiger partial charge is 0.480 e. The van der Waals surface area contributed by atoms with E-state index >= 15 is 0 Å². The summed E-state index contributed by atoms with van der Waals surface area (Å²) in [6.45, 7) is 3.39. The molecule has 0 amide bonds. The number of sulfonamides is 1. The molecule has 0 aromatic heterocycles. The molecule has 2 N–H and O–H groups in total. The highest BCUT2D eigenvalue weighted by Gasteiger charge is 2.45. The third-order valence-electron chi connectivity index (χ3n) is 2.12. The lowest BCUT2D eigenvalue weighted by atomic mass is 10.0. The molecule has 0 saturated carbocycles. The van der Waals surface area contributed by atoms with E-state index in [4.69, 9.17) is 9.84 Å². The van der Waals surface area contributed by atoms with Crippen LogP contribution in [0.1, 0.15) is 6.42 Å². The number of aliphatic carboxylic acids is 1. The standard InChI is InChI=1S/C8H13NO5S/c1-2-5-15(12,13)9-8(7(10)11)3-4-14-6-8/h2,9H,1,3-6H2,(H,10,11). The number of nitrogens with one attached hydrogen (secondary N) is 1. The first-order valence-electron chi connectivity index (χ1n) is 4.35. The quantitative estimate of drug-likeness (QED) is 0.617. The maximum atomic E-state index is 11.4. The van der Waals surface area contributed by atoms with Gasteiger partial charge in [-0.3, -0.25) is 4.79 Å². The second-order valence-electron chi connectivity index (χ2n) is 3.36. The molecule has 0 radical (unpaired) electrons. The molecule has 1 aliphatic heterocycles. The fraction of sp³-hybridized carbons (Fsp3) is 0.625. The average molecular weight is 235 g/mol. The first-order valence-corrected chi connectivity index (χ1v) is 6.01. The lowest BCUT2D eigenvalue weighted by Crippen LogP contribution is -2.55. The van der Waals surface area contributed by atoms with Gasteiger partial charge in [-0.05, 0) is 0 Å². The van der Waals surface area contributed by atoms with Crippen LogP contribution in [0.2, 0.25) is 0 Å². The van der Waals surface area contributed by atoms with E-state index in [1.807, 2.05) is 0 Å². The van der Waals surface area contributed by atoms with E-state index in [2.05, 4.69) is 11.3 Å². The zero-order valence-corrected chi connectivity index (χ0v) is 8.92. The zero-order valence-electron chi connectivity index (χ0n) is 8.10. The summed E-state index contributed by atoms with van der Waals surface area (Å²) in [6.07, 6.45) is 1.34. The van der Waals surface area contributed by atoms with Crippen LogP contribution in [0, 0.1) is 0 Å². The summed E-state index contributed by atoms with van der Waals surface area (Å²) in [7, 11) is -3.65. The summed E-state index contributed by atoms with van der Waals surface area (Å²) >= 11 is 0. The van der Waals surface area contributed by atoms with E-state index in [0.29, 0.717) is 0 Å². The zero-order chi connectivity index (χ0) is 11.5. The smallest absolute Gasteiger partial charge is 0.327 e. The van der Waals surface area contributed by atoms with Crippen LogP contribution in [0.3, 0.4) is 0 Å². The molecule has 0 aromatic carbocycles. The number of rotatable bonds is 5. The van der Waals surface area contributed by atoms with Crippen LogP contribution in [0.25, 0.3) is 0 Å². The van der Waals surface area contributed by atoms with Crippen molar-refractivity contribution in [3.8, 4) is 0 Å². The molecule has 0 aromatic rings. The highest BCUT2D eigenvalue weighted by molar-refractivity contribution is 7.89. The molecule has 86 valence electrons. The molecule has 15 heavy (non-hydrogen) atoms. The number of carboxylic acids is 1. The number of ether oxygens (including phenoxy) is 1. The Kier molecular flexibility index (Phi) is 3.48. The van der Waals surface area contributed by atoms with E-state index < -0.39 is 21.5 Å². The van der Waals surface area contributed by atoms with Gasteiger partial charge < -0.3 is 9.84 Å². The van der Waals surface area contributed by atoms with Gasteiger partial charge in [0.05, 0.1) is 12.4 Å². The minimum Gasteiger partial charge on any atom is -0.480 e. The third-order valence-corrected chi connectivity index (χ3v) is 3.50. The Bertz CT molecular complexity index is 355. The first kappa shape index (κ1) is 12.2. The first-order chi connectivity index (χ1) is 6.92. The van der Waals surface area contributed by atoms with Crippen LogP contribution in [0.15, 0.2) is 12.7 Å². The fourth-order valence-electron chi connectivity index (χ4n) is 1.35. The lowest BCUT2D eigenvalue weighted by molar-refractivity contribution is -0.144. The normalized spacial score (nSPS) is 26.4. The van der Waals surface area contributed by atoms with Crippen molar-refractivity contribution in [1.82, 2.24) is 4.72 Å². The molecule has 1 heterocycles. The van der Waals surface area contributed by atoms with Crippen LogP contribution in [-0.4, -0.2) is 44.0 Å². The van der Waals surface area contributed by atoms with Crippen LogP contribution in [-0.2, 0) is 19.6 Å². The molecule has 0 spiro atoms. The molecule has 0 aliphatic carbocycles. The van der Waals surface area contributed by atoms with Crippen molar-refractivity contribution in [3.63, 3.8) is 0 Å². The Morgan fingerprint density at radius 2 is 2.33 bits per heavy atom. The number of hydrogen-bond acceptors (Lipinski definition) is 4. The minimum absolute atomic E-state index is 0.138. The van der Waals surface area contributed by atoms with Crippen molar-refractivity contribution < 1.29 is 23.1 Å². The molecule has 6 nitrogen and oxygen atoms in total. The predicted molar refractivity (Wildman–Crippen MR) is 52.9 cm³/mol. The van der Waals surface area contributed by atoms with Gasteiger partial charge in [0.2, 0.25) is 10.0 Å². The summed E-state index contributed by atoms with van der Waals surface area (Å²) < 4.78 is 29.8. The van der Waals surface area contributed by atoms with E-state index in [1.54, 1.807) is 0 Å². The molecular formula is C8H13NO5S. The Morgan fingerprint density at radius 1 is 1.67 bits per heavy atom. The fourth-order valence-corrected chi connectivity index (χ4v) is 2.59. The molecular weight excluding hydrogens is 222 g/mol. The van der Waals surface area contributed by atoms with Gasteiger partial charge in [0.25, 0.3) is 0 Å². The second kappa shape index (κ2) is 4.30. The summed E-state index contributed by atoms with van der Waals surface area (Å²) in [5, 5.41) is 8.96. The Labute approximate surface area is 88.0 Å². The molecule has 1 fully saturated rings. The van der Waals surface area contributed by atoms with Gasteiger partial charge in [-0.25, -0.2) is 8.42 Å². The summed E-state index contributed by atoms with van der Waals surface area (Å²) in [6, 6.07) is 0. The van der Waals surface area contributed by atoms with Crippen molar-refractivity contribution in [2.75, 3.05) is 19.0 Å². The van der Waals surface area contributed by atoms with Crippen LogP contribution < -0.4 is 4.72 Å². The van der Waals surface area contributed by atoms with E-state index in [1.165, 1.54) is 6.08 Å². The van der Waals surface area contributed by atoms with Gasteiger partial charge >= 0.3 is 5.97 Å². The molecule has 1 rings (SSSR count). The van der Waals surface area contributed by atoms with E-state index in [0.717, 1.165) is 0 Å². The Hall–Kier alpha value is -0.920. The van der Waals surface area contributed by atoms with Crippen molar-refractivity contribution in [2.45, 2.75) is 12.0 Å². The number of carbonyl (C=O) groups is 1. The summed E-state index contributed by atoms with van der Waals surface area (Å²) in [5.74, 6) is -1.52. The molecule has 1 atom stereocenters. The van der Waals surface area contributed by atoms with Crippen LogP contribution in [0.4, 0.5) is 0 Å². The maximum Gasteiger partial charge on any atom is 0.327 e. The molecule has 1 unspecified atom stereocenters. The summed E-state index contributed by atoms with van der Waals surface area (Å²) in [5.41, 5.74) is -1.51. The average Bonchev–Trinajstić information content (AvgIpc) is 2.52. The van der Waals surface area contributed by atoms with Gasteiger partial charge in [0.1, 0.15) is 0 Å². The topological polar surface area (TPSA) is 92.7 Å². The third kappa shape index (κ3) is 2.77. The van der Waals surface area contributed by atoms with Crippen molar-refractivity contribution in [3.05, 3.63) is 12.7 Å². The Morgan fingerprint density at radius 3 is 2.73 bits per heavy atom.